The smallest absolute Gasteiger partial charge is 0.248 e. The highest BCUT2D eigenvalue weighted by molar-refractivity contribution is 7.93. The fourth-order valence-electron chi connectivity index (χ4n) is 1.70. The van der Waals surface area contributed by atoms with E-state index in [1.807, 2.05) is 12.1 Å². The van der Waals surface area contributed by atoms with Crippen LogP contribution < -0.4 is 10.0 Å². The van der Waals surface area contributed by atoms with Crippen molar-refractivity contribution < 1.29 is 8.42 Å². The maximum absolute atomic E-state index is 11.1. The quantitative estimate of drug-likeness (QED) is 0.831. The summed E-state index contributed by atoms with van der Waals surface area (Å²) in [4.78, 5) is 1.72. The number of sulfonamides is 1. The Hall–Kier alpha value is -1.84. The number of nitrogens with two attached hydrogens (primary N) is 1. The molecule has 0 radical (unpaired) electrons. The number of primary sulfonamides is 1. The van der Waals surface area contributed by atoms with Crippen LogP contribution in [-0.4, -0.2) is 21.5 Å². The van der Waals surface area contributed by atoms with Gasteiger partial charge in [-0.3, -0.25) is 0 Å². The molecule has 0 saturated heterocycles. The monoisotopic (exact) mass is 279 g/mol. The lowest BCUT2D eigenvalue weighted by atomic mass is 10.2. The third-order valence-corrected chi connectivity index (χ3v) is 3.56. The van der Waals surface area contributed by atoms with Crippen LogP contribution in [0.15, 0.2) is 29.2 Å². The molecule has 19 heavy (non-hydrogen) atoms. The van der Waals surface area contributed by atoms with Gasteiger partial charge < -0.3 is 4.90 Å². The predicted molar refractivity (Wildman–Crippen MR) is 76.7 cm³/mol. The number of nitriles is 1. The van der Waals surface area contributed by atoms with Gasteiger partial charge in [0.05, 0.1) is 0 Å². The number of anilines is 1. The minimum absolute atomic E-state index is 0.442. The molecule has 102 valence electrons. The maximum Gasteiger partial charge on any atom is 0.248 e. The zero-order valence-corrected chi connectivity index (χ0v) is 11.8. The molecule has 0 spiro atoms. The first-order valence-electron chi connectivity index (χ1n) is 5.92. The van der Waals surface area contributed by atoms with Crippen LogP contribution >= 0.6 is 0 Å². The second-order valence-electron chi connectivity index (χ2n) is 3.93. The van der Waals surface area contributed by atoms with Crippen LogP contribution in [0.1, 0.15) is 19.4 Å². The normalized spacial score (nSPS) is 12.0. The Bertz CT molecular complexity index is 594. The Kier molecular flexibility index (Phi) is 5.10. The summed E-state index contributed by atoms with van der Waals surface area (Å²) in [5.41, 5.74) is 1.68. The summed E-state index contributed by atoms with van der Waals surface area (Å²) in [6.45, 7) is 5.91. The molecule has 2 N–H and O–H groups in total. The van der Waals surface area contributed by atoms with E-state index in [-0.39, 0.29) is 0 Å². The van der Waals surface area contributed by atoms with E-state index in [1.54, 1.807) is 18.2 Å². The van der Waals surface area contributed by atoms with Gasteiger partial charge in [0.1, 0.15) is 6.07 Å². The van der Waals surface area contributed by atoms with E-state index in [1.165, 1.54) is 6.08 Å². The van der Waals surface area contributed by atoms with Crippen molar-refractivity contribution in [1.29, 1.82) is 5.26 Å². The molecule has 1 aromatic carbocycles. The van der Waals surface area contributed by atoms with Crippen LogP contribution in [0.4, 0.5) is 5.69 Å². The molecule has 0 aromatic heterocycles. The molecule has 0 aliphatic rings. The predicted octanol–water partition coefficient (Wildman–Crippen LogP) is 1.69. The molecule has 0 unspecified atom stereocenters. The lowest BCUT2D eigenvalue weighted by molar-refractivity contribution is 0.605. The molecule has 0 fully saturated rings. The van der Waals surface area contributed by atoms with E-state index in [0.29, 0.717) is 5.56 Å². The van der Waals surface area contributed by atoms with Gasteiger partial charge in [0, 0.05) is 18.8 Å². The van der Waals surface area contributed by atoms with Gasteiger partial charge in [0.15, 0.2) is 4.91 Å². The number of nitrogens with zero attached hydrogens (tertiary/aromatic N) is 2. The summed E-state index contributed by atoms with van der Waals surface area (Å²) in [5, 5.41) is 13.7. The van der Waals surface area contributed by atoms with Gasteiger partial charge in [-0.15, -0.1) is 0 Å². The summed E-state index contributed by atoms with van der Waals surface area (Å²) in [6, 6.07) is 8.88. The van der Waals surface area contributed by atoms with Crippen LogP contribution in [0.2, 0.25) is 0 Å². The maximum atomic E-state index is 11.1. The molecule has 6 heteroatoms. The minimum atomic E-state index is -3.96. The number of allylic oxidation sites excluding steroid dienone is 1. The second-order valence-corrected chi connectivity index (χ2v) is 5.46. The largest absolute Gasteiger partial charge is 0.372 e. The fourth-order valence-corrected chi connectivity index (χ4v) is 2.13. The molecule has 5 nitrogen and oxygen atoms in total. The average molecular weight is 279 g/mol. The van der Waals surface area contributed by atoms with Gasteiger partial charge in [0.2, 0.25) is 10.0 Å². The SMILES string of the molecule is CCN(CC)c1ccc(/C=C(\C#N)S(N)(=O)=O)cc1. The van der Waals surface area contributed by atoms with Crippen molar-refractivity contribution in [2.75, 3.05) is 18.0 Å². The van der Waals surface area contributed by atoms with Crippen molar-refractivity contribution in [3.63, 3.8) is 0 Å². The van der Waals surface area contributed by atoms with E-state index < -0.39 is 14.9 Å². The molecule has 1 aromatic rings. The van der Waals surface area contributed by atoms with Crippen LogP contribution in [0.3, 0.4) is 0 Å². The third-order valence-electron chi connectivity index (χ3n) is 2.74. The lowest BCUT2D eigenvalue weighted by Crippen LogP contribution is -2.21. The third kappa shape index (κ3) is 4.09. The molecule has 0 amide bonds. The Morgan fingerprint density at radius 2 is 1.84 bits per heavy atom. The van der Waals surface area contributed by atoms with E-state index in [2.05, 4.69) is 18.7 Å². The lowest BCUT2D eigenvalue weighted by Gasteiger charge is -2.20. The zero-order valence-electron chi connectivity index (χ0n) is 11.0. The van der Waals surface area contributed by atoms with Crippen LogP contribution in [0, 0.1) is 11.3 Å². The van der Waals surface area contributed by atoms with E-state index in [4.69, 9.17) is 10.4 Å². The summed E-state index contributed by atoms with van der Waals surface area (Å²) in [7, 11) is -3.96. The summed E-state index contributed by atoms with van der Waals surface area (Å²) in [5.74, 6) is 0. The zero-order chi connectivity index (χ0) is 14.5. The molecular formula is C13H17N3O2S. The summed E-state index contributed by atoms with van der Waals surface area (Å²) < 4.78 is 22.2. The number of rotatable bonds is 5. The molecular weight excluding hydrogens is 262 g/mol. The standard InChI is InChI=1S/C13H17N3O2S/c1-3-16(4-2)12-7-5-11(6-8-12)9-13(10-14)19(15,17)18/h5-9H,3-4H2,1-2H3,(H2,15,17,18)/b13-9+. The molecule has 0 heterocycles. The van der Waals surface area contributed by atoms with Crippen molar-refractivity contribution in [3.05, 3.63) is 34.7 Å². The molecule has 0 aliphatic heterocycles. The summed E-state index contributed by atoms with van der Waals surface area (Å²) in [6.07, 6.45) is 1.27. The Balaban J connectivity index is 3.07. The highest BCUT2D eigenvalue weighted by Gasteiger charge is 2.11. The molecule has 0 bridgehead atoms. The first-order valence-corrected chi connectivity index (χ1v) is 7.46. The number of benzene rings is 1. The van der Waals surface area contributed by atoms with Crippen molar-refractivity contribution in [2.24, 2.45) is 5.14 Å². The van der Waals surface area contributed by atoms with Gasteiger partial charge in [-0.25, -0.2) is 13.6 Å². The molecule has 0 saturated carbocycles. The van der Waals surface area contributed by atoms with Crippen molar-refractivity contribution in [3.8, 4) is 6.07 Å². The second kappa shape index (κ2) is 6.36. The van der Waals surface area contributed by atoms with Crippen LogP contribution in [-0.2, 0) is 10.0 Å². The van der Waals surface area contributed by atoms with E-state index in [9.17, 15) is 8.42 Å². The number of hydrogen-bond acceptors (Lipinski definition) is 4. The summed E-state index contributed by atoms with van der Waals surface area (Å²) >= 11 is 0. The van der Waals surface area contributed by atoms with E-state index in [0.717, 1.165) is 18.8 Å². The van der Waals surface area contributed by atoms with Gasteiger partial charge >= 0.3 is 0 Å². The topological polar surface area (TPSA) is 87.2 Å². The van der Waals surface area contributed by atoms with Crippen LogP contribution in [0.25, 0.3) is 6.08 Å². The van der Waals surface area contributed by atoms with Crippen molar-refractivity contribution in [2.45, 2.75) is 13.8 Å². The van der Waals surface area contributed by atoms with Crippen molar-refractivity contribution >= 4 is 21.8 Å². The van der Waals surface area contributed by atoms with Gasteiger partial charge in [0.25, 0.3) is 0 Å². The Labute approximate surface area is 114 Å². The van der Waals surface area contributed by atoms with Gasteiger partial charge in [-0.2, -0.15) is 5.26 Å². The van der Waals surface area contributed by atoms with Gasteiger partial charge in [-0.1, -0.05) is 12.1 Å². The Morgan fingerprint density at radius 3 is 2.21 bits per heavy atom. The molecule has 0 atom stereocenters. The highest BCUT2D eigenvalue weighted by atomic mass is 32.2. The van der Waals surface area contributed by atoms with Gasteiger partial charge in [-0.05, 0) is 37.6 Å². The average Bonchev–Trinajstić information content (AvgIpc) is 2.37. The molecule has 1 rings (SSSR count). The molecule has 0 aliphatic carbocycles. The van der Waals surface area contributed by atoms with E-state index >= 15 is 0 Å². The fraction of sp³-hybridized carbons (Fsp3) is 0.308. The first-order chi connectivity index (χ1) is 8.92. The first kappa shape index (κ1) is 15.2. The van der Waals surface area contributed by atoms with Crippen LogP contribution in [0.5, 0.6) is 0 Å². The minimum Gasteiger partial charge on any atom is -0.372 e. The number of hydrogen-bond donors (Lipinski definition) is 1. The highest BCUT2D eigenvalue weighted by Crippen LogP contribution is 2.17. The Morgan fingerprint density at radius 1 is 1.32 bits per heavy atom. The van der Waals surface area contributed by atoms with Crippen molar-refractivity contribution in [1.82, 2.24) is 0 Å².